The van der Waals surface area contributed by atoms with E-state index in [9.17, 15) is 13.2 Å². The molecule has 1 aromatic carbocycles. The average Bonchev–Trinajstić information content (AvgIpc) is 2.67. The summed E-state index contributed by atoms with van der Waals surface area (Å²) in [5.41, 5.74) is 0.782. The Morgan fingerprint density at radius 1 is 1.26 bits per heavy atom. The van der Waals surface area contributed by atoms with Crippen molar-refractivity contribution in [1.82, 2.24) is 14.6 Å². The monoisotopic (exact) mass is 411 g/mol. The van der Waals surface area contributed by atoms with Crippen molar-refractivity contribution < 1.29 is 17.9 Å². The first-order valence-electron chi connectivity index (χ1n) is 8.40. The summed E-state index contributed by atoms with van der Waals surface area (Å²) in [4.78, 5) is 16.7. The maximum atomic E-state index is 12.7. The van der Waals surface area contributed by atoms with E-state index in [1.165, 1.54) is 29.6 Å². The van der Waals surface area contributed by atoms with Crippen molar-refractivity contribution in [3.05, 3.63) is 52.7 Å². The van der Waals surface area contributed by atoms with Gasteiger partial charge in [0.05, 0.1) is 22.6 Å². The molecule has 0 saturated carbocycles. The lowest BCUT2D eigenvalue weighted by Crippen LogP contribution is -2.31. The number of rotatable bonds is 8. The molecule has 0 radical (unpaired) electrons. The number of aromatic nitrogens is 1. The van der Waals surface area contributed by atoms with Crippen LogP contribution in [0.1, 0.15) is 29.8 Å². The number of methoxy groups -OCH3 is 1. The number of amides is 1. The second-order valence-electron chi connectivity index (χ2n) is 5.59. The van der Waals surface area contributed by atoms with Crippen molar-refractivity contribution >= 4 is 27.5 Å². The average molecular weight is 412 g/mol. The van der Waals surface area contributed by atoms with Gasteiger partial charge in [0.1, 0.15) is 0 Å². The Balaban J connectivity index is 2.26. The van der Waals surface area contributed by atoms with Crippen LogP contribution in [0, 0.1) is 0 Å². The third-order valence-corrected chi connectivity index (χ3v) is 6.38. The number of nitrogens with one attached hydrogen (secondary N) is 1. The Labute approximate surface area is 164 Å². The molecular weight excluding hydrogens is 390 g/mol. The van der Waals surface area contributed by atoms with Gasteiger partial charge in [0, 0.05) is 31.4 Å². The number of benzene rings is 1. The Bertz CT molecular complexity index is 915. The number of carbonyl (C=O) groups is 1. The summed E-state index contributed by atoms with van der Waals surface area (Å²) in [6.07, 6.45) is 1.59. The van der Waals surface area contributed by atoms with E-state index in [-0.39, 0.29) is 22.0 Å². The molecule has 1 heterocycles. The van der Waals surface area contributed by atoms with Crippen LogP contribution >= 0.6 is 11.6 Å². The second-order valence-corrected chi connectivity index (χ2v) is 7.93. The van der Waals surface area contributed by atoms with E-state index in [2.05, 4.69) is 10.3 Å². The lowest BCUT2D eigenvalue weighted by atomic mass is 10.2. The summed E-state index contributed by atoms with van der Waals surface area (Å²) in [6.45, 7) is 4.35. The fraction of sp³-hybridized carbons (Fsp3) is 0.333. The molecule has 1 amide bonds. The van der Waals surface area contributed by atoms with E-state index in [0.29, 0.717) is 24.5 Å². The number of pyridine rings is 1. The summed E-state index contributed by atoms with van der Waals surface area (Å²) in [6, 6.07) is 7.61. The largest absolute Gasteiger partial charge is 0.481 e. The van der Waals surface area contributed by atoms with Gasteiger partial charge in [-0.3, -0.25) is 4.79 Å². The molecule has 1 aromatic heterocycles. The predicted molar refractivity (Wildman–Crippen MR) is 104 cm³/mol. The third-order valence-electron chi connectivity index (χ3n) is 4.01. The van der Waals surface area contributed by atoms with Crippen LogP contribution < -0.4 is 10.1 Å². The molecule has 7 nitrogen and oxygen atoms in total. The number of hydrogen-bond acceptors (Lipinski definition) is 5. The highest BCUT2D eigenvalue weighted by Gasteiger charge is 2.24. The zero-order valence-corrected chi connectivity index (χ0v) is 17.0. The first-order chi connectivity index (χ1) is 12.8. The van der Waals surface area contributed by atoms with E-state index in [4.69, 9.17) is 16.3 Å². The minimum absolute atomic E-state index is 0.0275. The van der Waals surface area contributed by atoms with Crippen LogP contribution in [0.4, 0.5) is 0 Å². The van der Waals surface area contributed by atoms with E-state index >= 15 is 0 Å². The molecule has 2 aromatic rings. The van der Waals surface area contributed by atoms with Gasteiger partial charge >= 0.3 is 0 Å². The predicted octanol–water partition coefficient (Wildman–Crippen LogP) is 2.70. The Kier molecular flexibility index (Phi) is 7.18. The zero-order valence-electron chi connectivity index (χ0n) is 15.4. The van der Waals surface area contributed by atoms with Crippen molar-refractivity contribution in [3.8, 4) is 5.88 Å². The highest BCUT2D eigenvalue weighted by molar-refractivity contribution is 7.89. The fourth-order valence-electron chi connectivity index (χ4n) is 2.56. The molecule has 0 aliphatic heterocycles. The van der Waals surface area contributed by atoms with Crippen LogP contribution in [-0.4, -0.2) is 43.8 Å². The summed E-state index contributed by atoms with van der Waals surface area (Å²) in [5, 5.41) is 2.89. The lowest BCUT2D eigenvalue weighted by Gasteiger charge is -2.19. The topological polar surface area (TPSA) is 88.6 Å². The molecular formula is C18H22ClN3O4S. The van der Waals surface area contributed by atoms with Gasteiger partial charge < -0.3 is 10.1 Å². The molecule has 2 rings (SSSR count). The van der Waals surface area contributed by atoms with E-state index in [1.807, 2.05) is 0 Å². The van der Waals surface area contributed by atoms with Crippen molar-refractivity contribution in [1.29, 1.82) is 0 Å². The normalized spacial score (nSPS) is 11.4. The molecule has 0 fully saturated rings. The maximum absolute atomic E-state index is 12.7. The Morgan fingerprint density at radius 2 is 1.96 bits per heavy atom. The van der Waals surface area contributed by atoms with Gasteiger partial charge in [0.15, 0.2) is 0 Å². The van der Waals surface area contributed by atoms with E-state index in [0.717, 1.165) is 0 Å². The number of hydrogen-bond donors (Lipinski definition) is 1. The second kappa shape index (κ2) is 9.16. The highest BCUT2D eigenvalue weighted by Crippen LogP contribution is 2.23. The molecule has 0 saturated heterocycles. The summed E-state index contributed by atoms with van der Waals surface area (Å²) in [5.74, 6) is -0.0794. The molecule has 0 bridgehead atoms. The molecule has 9 heteroatoms. The molecule has 0 atom stereocenters. The Morgan fingerprint density at radius 3 is 2.59 bits per heavy atom. The molecule has 0 unspecified atom stereocenters. The van der Waals surface area contributed by atoms with Crippen LogP contribution in [0.3, 0.4) is 0 Å². The van der Waals surface area contributed by atoms with Gasteiger partial charge in [-0.1, -0.05) is 31.5 Å². The van der Waals surface area contributed by atoms with Crippen LogP contribution in [0.25, 0.3) is 0 Å². The van der Waals surface area contributed by atoms with Crippen molar-refractivity contribution in [2.75, 3.05) is 20.2 Å². The summed E-state index contributed by atoms with van der Waals surface area (Å²) in [7, 11) is -2.19. The standard InChI is InChI=1S/C18H22ClN3O4S/c1-4-22(5-2)27(24,25)14-8-9-16(19)15(11-14)17(23)21-12-13-7-6-10-20-18(13)26-3/h6-11H,4-5,12H2,1-3H3,(H,21,23). The first-order valence-corrected chi connectivity index (χ1v) is 10.2. The van der Waals surface area contributed by atoms with E-state index in [1.54, 1.807) is 32.2 Å². The number of carbonyl (C=O) groups excluding carboxylic acids is 1. The molecule has 0 aliphatic carbocycles. The van der Waals surface area contributed by atoms with Crippen molar-refractivity contribution in [2.45, 2.75) is 25.3 Å². The van der Waals surface area contributed by atoms with Crippen LogP contribution in [-0.2, 0) is 16.6 Å². The number of sulfonamides is 1. The fourth-order valence-corrected chi connectivity index (χ4v) is 4.25. The maximum Gasteiger partial charge on any atom is 0.253 e. The smallest absolute Gasteiger partial charge is 0.253 e. The lowest BCUT2D eigenvalue weighted by molar-refractivity contribution is 0.0950. The van der Waals surface area contributed by atoms with Gasteiger partial charge in [-0.05, 0) is 24.3 Å². The van der Waals surface area contributed by atoms with Crippen LogP contribution in [0.5, 0.6) is 5.88 Å². The van der Waals surface area contributed by atoms with E-state index < -0.39 is 15.9 Å². The van der Waals surface area contributed by atoms with Crippen LogP contribution in [0.2, 0.25) is 5.02 Å². The summed E-state index contributed by atoms with van der Waals surface area (Å²) < 4.78 is 31.8. The minimum Gasteiger partial charge on any atom is -0.481 e. The minimum atomic E-state index is -3.69. The number of halogens is 1. The first kappa shape index (κ1) is 21.1. The highest BCUT2D eigenvalue weighted by atomic mass is 35.5. The quantitative estimate of drug-likeness (QED) is 0.721. The molecule has 27 heavy (non-hydrogen) atoms. The van der Waals surface area contributed by atoms with Gasteiger partial charge in [-0.15, -0.1) is 0 Å². The van der Waals surface area contributed by atoms with Gasteiger partial charge in [-0.2, -0.15) is 4.31 Å². The zero-order chi connectivity index (χ0) is 20.0. The van der Waals surface area contributed by atoms with Crippen molar-refractivity contribution in [3.63, 3.8) is 0 Å². The molecule has 146 valence electrons. The third kappa shape index (κ3) is 4.77. The van der Waals surface area contributed by atoms with Gasteiger partial charge in [0.25, 0.3) is 5.91 Å². The molecule has 0 aliphatic rings. The SMILES string of the molecule is CCN(CC)S(=O)(=O)c1ccc(Cl)c(C(=O)NCc2cccnc2OC)c1. The molecule has 1 N–H and O–H groups in total. The van der Waals surface area contributed by atoms with Gasteiger partial charge in [-0.25, -0.2) is 13.4 Å². The molecule has 0 spiro atoms. The summed E-state index contributed by atoms with van der Waals surface area (Å²) >= 11 is 6.12. The van der Waals surface area contributed by atoms with Gasteiger partial charge in [0.2, 0.25) is 15.9 Å². The van der Waals surface area contributed by atoms with Crippen molar-refractivity contribution in [2.24, 2.45) is 0 Å². The Hall–Kier alpha value is -2.16. The van der Waals surface area contributed by atoms with Crippen LogP contribution in [0.15, 0.2) is 41.4 Å². The number of nitrogens with zero attached hydrogens (tertiary/aromatic N) is 2. The number of ether oxygens (including phenoxy) is 1.